The van der Waals surface area contributed by atoms with Crippen LogP contribution >= 0.6 is 27.5 Å². The first kappa shape index (κ1) is 10.4. The summed E-state index contributed by atoms with van der Waals surface area (Å²) in [5.41, 5.74) is 0.906. The molecule has 0 unspecified atom stereocenters. The monoisotopic (exact) mass is 289 g/mol. The van der Waals surface area contributed by atoms with Gasteiger partial charge in [-0.25, -0.2) is 9.48 Å². The number of benzene rings is 1. The van der Waals surface area contributed by atoms with E-state index in [4.69, 9.17) is 16.7 Å². The molecule has 2 aromatic rings. The Bertz CT molecular complexity index is 567. The quantitative estimate of drug-likeness (QED) is 0.873. The molecule has 0 aliphatic carbocycles. The number of carboxylic acid groups (broad SMARTS) is 1. The lowest BCUT2D eigenvalue weighted by atomic mass is 10.2. The van der Waals surface area contributed by atoms with Crippen LogP contribution in [0, 0.1) is 0 Å². The van der Waals surface area contributed by atoms with Gasteiger partial charge in [-0.3, -0.25) is 0 Å². The van der Waals surface area contributed by atoms with Crippen molar-refractivity contribution in [2.45, 2.75) is 0 Å². The Hall–Kier alpha value is -1.14. The van der Waals surface area contributed by atoms with Gasteiger partial charge in [-0.05, 0) is 22.0 Å². The van der Waals surface area contributed by atoms with E-state index in [0.29, 0.717) is 15.5 Å². The average molecular weight is 291 g/mol. The van der Waals surface area contributed by atoms with Gasteiger partial charge in [0.1, 0.15) is 16.6 Å². The van der Waals surface area contributed by atoms with Gasteiger partial charge in [0.25, 0.3) is 0 Å². The molecule has 0 aliphatic heterocycles. The van der Waals surface area contributed by atoms with E-state index in [9.17, 15) is 4.79 Å². The normalized spacial score (nSPS) is 10.9. The highest BCUT2D eigenvalue weighted by atomic mass is 79.9. The lowest BCUT2D eigenvalue weighted by molar-refractivity contribution is 0.0698. The van der Waals surface area contributed by atoms with Gasteiger partial charge < -0.3 is 5.11 Å². The van der Waals surface area contributed by atoms with Crippen LogP contribution < -0.4 is 0 Å². The van der Waals surface area contributed by atoms with Crippen molar-refractivity contribution in [3.8, 4) is 0 Å². The third kappa shape index (κ3) is 1.49. The maximum absolute atomic E-state index is 11.0. The van der Waals surface area contributed by atoms with Gasteiger partial charge in [0.2, 0.25) is 0 Å². The summed E-state index contributed by atoms with van der Waals surface area (Å²) in [5.74, 6) is -1.09. The molecule has 15 heavy (non-hydrogen) atoms. The van der Waals surface area contributed by atoms with Gasteiger partial charge in [-0.2, -0.15) is 0 Å². The number of hydrogen-bond acceptors (Lipinski definition) is 3. The van der Waals surface area contributed by atoms with Crippen molar-refractivity contribution in [1.82, 2.24) is 15.0 Å². The maximum Gasteiger partial charge on any atom is 0.339 e. The second-order valence-electron chi connectivity index (χ2n) is 2.93. The number of aryl methyl sites for hydroxylation is 1. The fraction of sp³-hybridized carbons (Fsp3) is 0.125. The van der Waals surface area contributed by atoms with Crippen LogP contribution in [0.4, 0.5) is 0 Å². The van der Waals surface area contributed by atoms with Crippen LogP contribution in [0.15, 0.2) is 10.5 Å². The summed E-state index contributed by atoms with van der Waals surface area (Å²) in [5, 5.41) is 16.8. The number of rotatable bonds is 1. The fourth-order valence-electron chi connectivity index (χ4n) is 1.37. The van der Waals surface area contributed by atoms with Crippen molar-refractivity contribution in [2.24, 2.45) is 7.05 Å². The third-order valence-electron chi connectivity index (χ3n) is 2.00. The molecule has 0 saturated carbocycles. The van der Waals surface area contributed by atoms with E-state index in [-0.39, 0.29) is 10.6 Å². The molecule has 1 aromatic carbocycles. The van der Waals surface area contributed by atoms with Gasteiger partial charge in [0.15, 0.2) is 0 Å². The minimum atomic E-state index is -1.09. The van der Waals surface area contributed by atoms with Crippen molar-refractivity contribution >= 4 is 44.5 Å². The Balaban J connectivity index is 3.00. The topological polar surface area (TPSA) is 68.0 Å². The first-order valence-electron chi connectivity index (χ1n) is 3.93. The van der Waals surface area contributed by atoms with E-state index >= 15 is 0 Å². The zero-order chi connectivity index (χ0) is 11.2. The fourth-order valence-corrected chi connectivity index (χ4v) is 2.27. The highest BCUT2D eigenvalue weighted by Crippen LogP contribution is 2.30. The Labute approximate surface area is 97.8 Å². The zero-order valence-electron chi connectivity index (χ0n) is 7.53. The Morgan fingerprint density at radius 3 is 2.93 bits per heavy atom. The van der Waals surface area contributed by atoms with Crippen molar-refractivity contribution in [3.63, 3.8) is 0 Å². The van der Waals surface area contributed by atoms with E-state index in [2.05, 4.69) is 26.2 Å². The van der Waals surface area contributed by atoms with Crippen LogP contribution in [0.3, 0.4) is 0 Å². The minimum Gasteiger partial charge on any atom is -0.478 e. The van der Waals surface area contributed by atoms with Gasteiger partial charge in [-0.15, -0.1) is 5.10 Å². The summed E-state index contributed by atoms with van der Waals surface area (Å²) < 4.78 is 2.01. The van der Waals surface area contributed by atoms with E-state index in [1.807, 2.05) is 0 Å². The zero-order valence-corrected chi connectivity index (χ0v) is 9.87. The minimum absolute atomic E-state index is 0.0161. The van der Waals surface area contributed by atoms with Gasteiger partial charge in [-0.1, -0.05) is 16.8 Å². The van der Waals surface area contributed by atoms with Crippen LogP contribution in [0.25, 0.3) is 11.0 Å². The Kier molecular flexibility index (Phi) is 2.40. The summed E-state index contributed by atoms with van der Waals surface area (Å²) in [6, 6.07) is 1.50. The van der Waals surface area contributed by atoms with Crippen LogP contribution in [0.5, 0.6) is 0 Å². The second kappa shape index (κ2) is 3.46. The molecule has 0 amide bonds. The molecule has 78 valence electrons. The third-order valence-corrected chi connectivity index (χ3v) is 2.90. The first-order chi connectivity index (χ1) is 7.02. The SMILES string of the molecule is Cn1nnc2c(Br)cc(Cl)c(C(=O)O)c21. The molecule has 0 saturated heterocycles. The van der Waals surface area contributed by atoms with Gasteiger partial charge in [0, 0.05) is 11.5 Å². The van der Waals surface area contributed by atoms with Crippen LogP contribution in [0.2, 0.25) is 5.02 Å². The summed E-state index contributed by atoms with van der Waals surface area (Å²) >= 11 is 9.10. The molecule has 1 N–H and O–H groups in total. The summed E-state index contributed by atoms with van der Waals surface area (Å²) in [7, 11) is 1.62. The molecule has 0 aliphatic rings. The lowest BCUT2D eigenvalue weighted by Gasteiger charge is -2.02. The standard InChI is InChI=1S/C8H5BrClN3O2/c1-13-7-5(8(14)15)4(10)2-3(9)6(7)11-12-13/h2H,1H3,(H,14,15). The number of carboxylic acids is 1. The highest BCUT2D eigenvalue weighted by Gasteiger charge is 2.19. The molecular formula is C8H5BrClN3O2. The number of aromatic nitrogens is 3. The largest absolute Gasteiger partial charge is 0.478 e. The predicted molar refractivity (Wildman–Crippen MR) is 58.2 cm³/mol. The van der Waals surface area contributed by atoms with Crippen LogP contribution in [-0.4, -0.2) is 26.1 Å². The van der Waals surface area contributed by atoms with Crippen molar-refractivity contribution in [1.29, 1.82) is 0 Å². The van der Waals surface area contributed by atoms with Crippen LogP contribution in [0.1, 0.15) is 10.4 Å². The van der Waals surface area contributed by atoms with E-state index < -0.39 is 5.97 Å². The molecule has 1 heterocycles. The molecule has 2 rings (SSSR count). The average Bonchev–Trinajstić information content (AvgIpc) is 2.48. The van der Waals surface area contributed by atoms with Crippen LogP contribution in [-0.2, 0) is 7.05 Å². The Morgan fingerprint density at radius 1 is 1.67 bits per heavy atom. The molecular weight excluding hydrogens is 285 g/mol. The molecule has 0 radical (unpaired) electrons. The summed E-state index contributed by atoms with van der Waals surface area (Å²) in [6.07, 6.45) is 0. The molecule has 0 fully saturated rings. The number of aromatic carboxylic acids is 1. The number of carbonyl (C=O) groups is 1. The Morgan fingerprint density at radius 2 is 2.33 bits per heavy atom. The second-order valence-corrected chi connectivity index (χ2v) is 4.19. The molecule has 0 bridgehead atoms. The summed E-state index contributed by atoms with van der Waals surface area (Å²) in [4.78, 5) is 11.0. The lowest BCUT2D eigenvalue weighted by Crippen LogP contribution is -2.02. The maximum atomic E-state index is 11.0. The van der Waals surface area contributed by atoms with Crippen molar-refractivity contribution < 1.29 is 9.90 Å². The van der Waals surface area contributed by atoms with Crippen molar-refractivity contribution in [2.75, 3.05) is 0 Å². The van der Waals surface area contributed by atoms with E-state index in [1.165, 1.54) is 10.7 Å². The number of halogens is 2. The van der Waals surface area contributed by atoms with Crippen molar-refractivity contribution in [3.05, 3.63) is 21.1 Å². The first-order valence-corrected chi connectivity index (χ1v) is 5.10. The van der Waals surface area contributed by atoms with E-state index in [1.54, 1.807) is 7.05 Å². The summed E-state index contributed by atoms with van der Waals surface area (Å²) in [6.45, 7) is 0. The van der Waals surface area contributed by atoms with Gasteiger partial charge in [0.05, 0.1) is 5.02 Å². The molecule has 7 heteroatoms. The van der Waals surface area contributed by atoms with E-state index in [0.717, 1.165) is 0 Å². The molecule has 1 aromatic heterocycles. The smallest absolute Gasteiger partial charge is 0.339 e. The predicted octanol–water partition coefficient (Wildman–Crippen LogP) is 2.08. The molecule has 5 nitrogen and oxygen atoms in total. The highest BCUT2D eigenvalue weighted by molar-refractivity contribution is 9.10. The molecule has 0 spiro atoms. The number of hydrogen-bond donors (Lipinski definition) is 1. The number of nitrogens with zero attached hydrogens (tertiary/aromatic N) is 3. The van der Waals surface area contributed by atoms with Gasteiger partial charge >= 0.3 is 5.97 Å². The molecule has 0 atom stereocenters. The number of fused-ring (bicyclic) bond motifs is 1.